The molecule has 1 heterocycles. The summed E-state index contributed by atoms with van der Waals surface area (Å²) in [5.41, 5.74) is 1.19. The van der Waals surface area contributed by atoms with Gasteiger partial charge in [-0.05, 0) is 30.3 Å². The van der Waals surface area contributed by atoms with E-state index in [9.17, 15) is 13.2 Å². The first-order chi connectivity index (χ1) is 14.9. The average Bonchev–Trinajstić information content (AvgIpc) is 2.78. The number of pyridine rings is 1. The number of benzene rings is 2. The quantitative estimate of drug-likeness (QED) is 0.487. The molecule has 0 aliphatic carbocycles. The molecular weight excluding hydrogens is 434 g/mol. The molecule has 164 valence electrons. The molecule has 0 aliphatic rings. The highest BCUT2D eigenvalue weighted by molar-refractivity contribution is 8.00. The molecule has 0 atom stereocenters. The first-order valence-corrected chi connectivity index (χ1v) is 12.3. The van der Waals surface area contributed by atoms with Gasteiger partial charge >= 0.3 is 0 Å². The number of sulfonamides is 1. The van der Waals surface area contributed by atoms with Crippen LogP contribution < -0.4 is 10.1 Å². The molecule has 31 heavy (non-hydrogen) atoms. The van der Waals surface area contributed by atoms with Crippen LogP contribution >= 0.6 is 11.8 Å². The SMILES string of the molecule is CCN(CC)S(=O)(=O)c1ccc(OC)c(NC(=O)CSc2ccnc3ccccc23)c1. The van der Waals surface area contributed by atoms with Gasteiger partial charge in [-0.2, -0.15) is 4.31 Å². The van der Waals surface area contributed by atoms with Crippen LogP contribution in [0.3, 0.4) is 0 Å². The topological polar surface area (TPSA) is 88.6 Å². The van der Waals surface area contributed by atoms with Crippen molar-refractivity contribution >= 4 is 44.3 Å². The fraction of sp³-hybridized carbons (Fsp3) is 0.273. The Kier molecular flexibility index (Phi) is 7.53. The lowest BCUT2D eigenvalue weighted by Crippen LogP contribution is -2.30. The van der Waals surface area contributed by atoms with Crippen LogP contribution in [0, 0.1) is 0 Å². The number of para-hydroxylation sites is 1. The predicted molar refractivity (Wildman–Crippen MR) is 124 cm³/mol. The van der Waals surface area contributed by atoms with Crippen LogP contribution in [0.1, 0.15) is 13.8 Å². The summed E-state index contributed by atoms with van der Waals surface area (Å²) in [6.07, 6.45) is 1.72. The van der Waals surface area contributed by atoms with Gasteiger partial charge in [0.1, 0.15) is 5.75 Å². The Morgan fingerprint density at radius 2 is 1.87 bits per heavy atom. The van der Waals surface area contributed by atoms with Gasteiger partial charge in [0.15, 0.2) is 0 Å². The Balaban J connectivity index is 1.78. The zero-order chi connectivity index (χ0) is 22.4. The molecule has 7 nitrogen and oxygen atoms in total. The number of fused-ring (bicyclic) bond motifs is 1. The van der Waals surface area contributed by atoms with E-state index >= 15 is 0 Å². The second-order valence-corrected chi connectivity index (χ2v) is 9.57. The van der Waals surface area contributed by atoms with E-state index in [1.807, 2.05) is 30.3 Å². The summed E-state index contributed by atoms with van der Waals surface area (Å²) in [6.45, 7) is 4.30. The van der Waals surface area contributed by atoms with Gasteiger partial charge in [0.05, 0.1) is 29.0 Å². The molecule has 1 amide bonds. The van der Waals surface area contributed by atoms with Crippen molar-refractivity contribution in [1.82, 2.24) is 9.29 Å². The van der Waals surface area contributed by atoms with Crippen molar-refractivity contribution in [3.8, 4) is 5.75 Å². The van der Waals surface area contributed by atoms with Gasteiger partial charge in [-0.15, -0.1) is 11.8 Å². The van der Waals surface area contributed by atoms with Crippen molar-refractivity contribution in [3.63, 3.8) is 0 Å². The molecular formula is C22H25N3O4S2. The first-order valence-electron chi connectivity index (χ1n) is 9.85. The summed E-state index contributed by atoms with van der Waals surface area (Å²) in [7, 11) is -2.18. The summed E-state index contributed by atoms with van der Waals surface area (Å²) in [4.78, 5) is 18.0. The lowest BCUT2D eigenvalue weighted by Gasteiger charge is -2.19. The molecule has 2 aromatic carbocycles. The molecule has 0 saturated heterocycles. The molecule has 9 heteroatoms. The van der Waals surface area contributed by atoms with Crippen molar-refractivity contribution in [2.24, 2.45) is 0 Å². The first kappa shape index (κ1) is 23.1. The molecule has 3 rings (SSSR count). The van der Waals surface area contributed by atoms with Gasteiger partial charge in [0, 0.05) is 29.6 Å². The Hall–Kier alpha value is -2.62. The number of hydrogen-bond donors (Lipinski definition) is 1. The van der Waals surface area contributed by atoms with Crippen LogP contribution in [0.4, 0.5) is 5.69 Å². The maximum absolute atomic E-state index is 12.8. The van der Waals surface area contributed by atoms with Crippen molar-refractivity contribution in [2.75, 3.05) is 31.3 Å². The Morgan fingerprint density at radius 1 is 1.13 bits per heavy atom. The number of hydrogen-bond acceptors (Lipinski definition) is 6. The number of aromatic nitrogens is 1. The maximum Gasteiger partial charge on any atom is 0.243 e. The summed E-state index contributed by atoms with van der Waals surface area (Å²) in [6, 6.07) is 14.1. The smallest absolute Gasteiger partial charge is 0.243 e. The zero-order valence-electron chi connectivity index (χ0n) is 17.7. The highest BCUT2D eigenvalue weighted by Crippen LogP contribution is 2.30. The normalized spacial score (nSPS) is 11.6. The fourth-order valence-electron chi connectivity index (χ4n) is 3.18. The molecule has 3 aromatic rings. The number of anilines is 1. The van der Waals surface area contributed by atoms with Crippen LogP contribution in [0.25, 0.3) is 10.9 Å². The standard InChI is InChI=1S/C22H25N3O4S2/c1-4-25(5-2)31(27,28)16-10-11-20(29-3)19(14-16)24-22(26)15-30-21-12-13-23-18-9-7-6-8-17(18)21/h6-14H,4-5,15H2,1-3H3,(H,24,26). The second-order valence-electron chi connectivity index (χ2n) is 6.61. The molecule has 0 spiro atoms. The van der Waals surface area contributed by atoms with E-state index < -0.39 is 10.0 Å². The monoisotopic (exact) mass is 459 g/mol. The second kappa shape index (κ2) is 10.1. The molecule has 0 aliphatic heterocycles. The predicted octanol–water partition coefficient (Wildman–Crippen LogP) is 4.00. The Bertz CT molecular complexity index is 1170. The highest BCUT2D eigenvalue weighted by atomic mass is 32.2. The summed E-state index contributed by atoms with van der Waals surface area (Å²) in [5, 5.41) is 3.76. The average molecular weight is 460 g/mol. The van der Waals surface area contributed by atoms with E-state index in [4.69, 9.17) is 4.74 Å². The van der Waals surface area contributed by atoms with Crippen molar-refractivity contribution in [2.45, 2.75) is 23.6 Å². The van der Waals surface area contributed by atoms with E-state index in [2.05, 4.69) is 10.3 Å². The molecule has 0 radical (unpaired) electrons. The van der Waals surface area contributed by atoms with Crippen molar-refractivity contribution < 1.29 is 17.9 Å². The third-order valence-electron chi connectivity index (χ3n) is 4.76. The van der Waals surface area contributed by atoms with Gasteiger partial charge in [-0.3, -0.25) is 9.78 Å². The van der Waals surface area contributed by atoms with Crippen LogP contribution in [-0.2, 0) is 14.8 Å². The Labute approximate surface area is 186 Å². The summed E-state index contributed by atoms with van der Waals surface area (Å²) < 4.78 is 32.3. The van der Waals surface area contributed by atoms with Crippen molar-refractivity contribution in [3.05, 3.63) is 54.7 Å². The van der Waals surface area contributed by atoms with Crippen LogP contribution in [0.15, 0.2) is 64.5 Å². The van der Waals surface area contributed by atoms with Gasteiger partial charge in [0.2, 0.25) is 15.9 Å². The number of carbonyl (C=O) groups excluding carboxylic acids is 1. The minimum Gasteiger partial charge on any atom is -0.495 e. The number of carbonyl (C=O) groups is 1. The van der Waals surface area contributed by atoms with Crippen LogP contribution in [-0.4, -0.2) is 49.6 Å². The van der Waals surface area contributed by atoms with Gasteiger partial charge in [-0.1, -0.05) is 32.0 Å². The molecule has 1 aromatic heterocycles. The van der Waals surface area contributed by atoms with E-state index in [0.717, 1.165) is 15.8 Å². The zero-order valence-corrected chi connectivity index (χ0v) is 19.3. The van der Waals surface area contributed by atoms with Gasteiger partial charge < -0.3 is 10.1 Å². The number of ether oxygens (including phenoxy) is 1. The molecule has 1 N–H and O–H groups in total. The number of thioether (sulfide) groups is 1. The van der Waals surface area contributed by atoms with E-state index in [0.29, 0.717) is 24.5 Å². The van der Waals surface area contributed by atoms with Crippen LogP contribution in [0.2, 0.25) is 0 Å². The number of methoxy groups -OCH3 is 1. The van der Waals surface area contributed by atoms with E-state index in [-0.39, 0.29) is 16.6 Å². The van der Waals surface area contributed by atoms with Gasteiger partial charge in [-0.25, -0.2) is 8.42 Å². The largest absolute Gasteiger partial charge is 0.495 e. The number of amides is 1. The lowest BCUT2D eigenvalue weighted by atomic mass is 10.2. The van der Waals surface area contributed by atoms with E-state index in [1.54, 1.807) is 26.1 Å². The molecule has 0 bridgehead atoms. The van der Waals surface area contributed by atoms with Crippen LogP contribution in [0.5, 0.6) is 5.75 Å². The minimum absolute atomic E-state index is 0.111. The van der Waals surface area contributed by atoms with E-state index in [1.165, 1.54) is 35.3 Å². The third-order valence-corrected chi connectivity index (χ3v) is 7.88. The van der Waals surface area contributed by atoms with Gasteiger partial charge in [0.25, 0.3) is 0 Å². The molecule has 0 unspecified atom stereocenters. The number of rotatable bonds is 9. The fourth-order valence-corrected chi connectivity index (χ4v) is 5.51. The third kappa shape index (κ3) is 5.17. The van der Waals surface area contributed by atoms with Crippen molar-refractivity contribution in [1.29, 1.82) is 0 Å². The molecule has 0 fully saturated rings. The molecule has 0 saturated carbocycles. The number of nitrogens with one attached hydrogen (secondary N) is 1. The summed E-state index contributed by atoms with van der Waals surface area (Å²) in [5.74, 6) is 0.289. The number of nitrogens with zero attached hydrogens (tertiary/aromatic N) is 2. The summed E-state index contributed by atoms with van der Waals surface area (Å²) >= 11 is 1.39. The minimum atomic E-state index is -3.65. The lowest BCUT2D eigenvalue weighted by molar-refractivity contribution is -0.113. The highest BCUT2D eigenvalue weighted by Gasteiger charge is 2.23. The Morgan fingerprint density at radius 3 is 2.58 bits per heavy atom. The maximum atomic E-state index is 12.8.